The van der Waals surface area contributed by atoms with E-state index in [1.807, 2.05) is 0 Å². The molecule has 2 atom stereocenters. The van der Waals surface area contributed by atoms with Crippen molar-refractivity contribution in [3.63, 3.8) is 0 Å². The van der Waals surface area contributed by atoms with Gasteiger partial charge in [0.1, 0.15) is 48.1 Å². The number of benzene rings is 2. The van der Waals surface area contributed by atoms with Crippen molar-refractivity contribution in [2.75, 3.05) is 6.61 Å². The number of aromatic nitrogens is 3. The number of hydrogen-bond acceptors (Lipinski definition) is 4. The standard InChI is InChI=1S/C21H17F4N3O2/c1-14(30-8-2-3-15-4-5-16(22)9-19(15)24)21(29,11-28-13-26-12-27-28)18-7-6-17(23)10-20(18)25/h4-7,9-10,12-14,29H,8,11H2,1H3/t14-,21-/m1/s1. The van der Waals surface area contributed by atoms with Gasteiger partial charge in [-0.05, 0) is 25.1 Å². The van der Waals surface area contributed by atoms with Gasteiger partial charge in [-0.1, -0.05) is 17.9 Å². The third-order valence-corrected chi connectivity index (χ3v) is 4.50. The Balaban J connectivity index is 1.80. The Morgan fingerprint density at radius 2 is 1.80 bits per heavy atom. The maximum atomic E-state index is 14.4. The zero-order valence-corrected chi connectivity index (χ0v) is 15.8. The lowest BCUT2D eigenvalue weighted by Gasteiger charge is -2.34. The van der Waals surface area contributed by atoms with Crippen LogP contribution in [0.3, 0.4) is 0 Å². The van der Waals surface area contributed by atoms with Crippen molar-refractivity contribution in [2.45, 2.75) is 25.2 Å². The molecular weight excluding hydrogens is 402 g/mol. The van der Waals surface area contributed by atoms with Crippen LogP contribution in [-0.4, -0.2) is 32.6 Å². The Hall–Kier alpha value is -3.22. The summed E-state index contributed by atoms with van der Waals surface area (Å²) in [4.78, 5) is 3.78. The molecule has 0 bridgehead atoms. The summed E-state index contributed by atoms with van der Waals surface area (Å²) in [5.74, 6) is 1.79. The number of ether oxygens (including phenoxy) is 1. The highest BCUT2D eigenvalue weighted by Crippen LogP contribution is 2.31. The second kappa shape index (κ2) is 9.07. The summed E-state index contributed by atoms with van der Waals surface area (Å²) in [7, 11) is 0. The molecule has 30 heavy (non-hydrogen) atoms. The van der Waals surface area contributed by atoms with Crippen LogP contribution in [0.5, 0.6) is 0 Å². The second-order valence-electron chi connectivity index (χ2n) is 6.52. The van der Waals surface area contributed by atoms with E-state index < -0.39 is 35.0 Å². The minimum Gasteiger partial charge on any atom is -0.380 e. The molecule has 0 aliphatic heterocycles. The topological polar surface area (TPSA) is 60.2 Å². The summed E-state index contributed by atoms with van der Waals surface area (Å²) in [6, 6.07) is 5.78. The van der Waals surface area contributed by atoms with E-state index in [1.54, 1.807) is 0 Å². The first kappa shape index (κ1) is 21.5. The first-order valence-electron chi connectivity index (χ1n) is 8.85. The summed E-state index contributed by atoms with van der Waals surface area (Å²) >= 11 is 0. The van der Waals surface area contributed by atoms with E-state index in [4.69, 9.17) is 4.74 Å². The van der Waals surface area contributed by atoms with Crippen molar-refractivity contribution in [3.8, 4) is 11.8 Å². The lowest BCUT2D eigenvalue weighted by molar-refractivity contribution is -0.111. The van der Waals surface area contributed by atoms with E-state index in [-0.39, 0.29) is 24.3 Å². The van der Waals surface area contributed by atoms with Gasteiger partial charge < -0.3 is 9.84 Å². The normalized spacial score (nSPS) is 13.9. The first-order valence-corrected chi connectivity index (χ1v) is 8.85. The Morgan fingerprint density at radius 1 is 1.10 bits per heavy atom. The minimum atomic E-state index is -1.94. The highest BCUT2D eigenvalue weighted by molar-refractivity contribution is 5.35. The monoisotopic (exact) mass is 419 g/mol. The van der Waals surface area contributed by atoms with Gasteiger partial charge in [-0.25, -0.2) is 27.2 Å². The third-order valence-electron chi connectivity index (χ3n) is 4.50. The molecular formula is C21H17F4N3O2. The van der Waals surface area contributed by atoms with Gasteiger partial charge in [0.05, 0.1) is 18.2 Å². The van der Waals surface area contributed by atoms with Crippen LogP contribution in [0.4, 0.5) is 17.6 Å². The fourth-order valence-electron chi connectivity index (χ4n) is 2.86. The molecule has 0 fully saturated rings. The van der Waals surface area contributed by atoms with Gasteiger partial charge in [0.2, 0.25) is 0 Å². The molecule has 9 heteroatoms. The molecule has 0 saturated heterocycles. The largest absolute Gasteiger partial charge is 0.380 e. The fraction of sp³-hybridized carbons (Fsp3) is 0.238. The van der Waals surface area contributed by atoms with E-state index in [0.29, 0.717) is 12.1 Å². The van der Waals surface area contributed by atoms with E-state index >= 15 is 0 Å². The molecule has 2 aromatic carbocycles. The van der Waals surface area contributed by atoms with Crippen LogP contribution < -0.4 is 0 Å². The van der Waals surface area contributed by atoms with Crippen molar-refractivity contribution in [1.29, 1.82) is 0 Å². The molecule has 1 aromatic heterocycles. The first-order chi connectivity index (χ1) is 14.3. The maximum absolute atomic E-state index is 14.4. The Morgan fingerprint density at radius 3 is 2.43 bits per heavy atom. The Labute approximate surface area is 169 Å². The van der Waals surface area contributed by atoms with Crippen molar-refractivity contribution in [2.24, 2.45) is 0 Å². The van der Waals surface area contributed by atoms with Crippen LogP contribution >= 0.6 is 0 Å². The van der Waals surface area contributed by atoms with Gasteiger partial charge in [-0.2, -0.15) is 5.10 Å². The summed E-state index contributed by atoms with van der Waals surface area (Å²) < 4.78 is 61.1. The van der Waals surface area contributed by atoms with Gasteiger partial charge in [0.25, 0.3) is 0 Å². The van der Waals surface area contributed by atoms with Crippen LogP contribution in [0.25, 0.3) is 0 Å². The molecule has 0 aliphatic carbocycles. The number of halogens is 4. The zero-order valence-electron chi connectivity index (χ0n) is 15.8. The Bertz CT molecular complexity index is 1080. The van der Waals surface area contributed by atoms with Crippen LogP contribution in [0.2, 0.25) is 0 Å². The van der Waals surface area contributed by atoms with E-state index in [0.717, 1.165) is 18.2 Å². The average molecular weight is 419 g/mol. The van der Waals surface area contributed by atoms with Crippen LogP contribution in [0, 0.1) is 35.1 Å². The molecule has 3 aromatic rings. The number of nitrogens with zero attached hydrogens (tertiary/aromatic N) is 3. The van der Waals surface area contributed by atoms with Crippen molar-refractivity contribution >= 4 is 0 Å². The summed E-state index contributed by atoms with van der Waals surface area (Å²) in [5, 5.41) is 15.2. The molecule has 0 unspecified atom stereocenters. The van der Waals surface area contributed by atoms with Crippen molar-refractivity contribution in [1.82, 2.24) is 14.8 Å². The third kappa shape index (κ3) is 4.84. The molecule has 156 valence electrons. The molecule has 5 nitrogen and oxygen atoms in total. The Kier molecular flexibility index (Phi) is 6.50. The second-order valence-corrected chi connectivity index (χ2v) is 6.52. The van der Waals surface area contributed by atoms with Crippen molar-refractivity contribution in [3.05, 3.63) is 83.4 Å². The van der Waals surface area contributed by atoms with E-state index in [9.17, 15) is 22.7 Å². The summed E-state index contributed by atoms with van der Waals surface area (Å²) in [6.07, 6.45) is 1.56. The smallest absolute Gasteiger partial charge is 0.141 e. The molecule has 0 saturated carbocycles. The van der Waals surface area contributed by atoms with Gasteiger partial charge in [0, 0.05) is 17.7 Å². The molecule has 3 rings (SSSR count). The maximum Gasteiger partial charge on any atom is 0.141 e. The molecule has 0 aliphatic rings. The van der Waals surface area contributed by atoms with Gasteiger partial charge in [-0.15, -0.1) is 0 Å². The SMILES string of the molecule is C[C@@H](OCC#Cc1ccc(F)cc1F)[C@](O)(Cn1cncn1)c1ccc(F)cc1F. The quantitative estimate of drug-likeness (QED) is 0.493. The van der Waals surface area contributed by atoms with E-state index in [2.05, 4.69) is 21.9 Å². The predicted molar refractivity (Wildman–Crippen MR) is 98.9 cm³/mol. The lowest BCUT2D eigenvalue weighted by atomic mass is 9.88. The number of rotatable bonds is 6. The zero-order chi connectivity index (χ0) is 21.7. The van der Waals surface area contributed by atoms with Crippen molar-refractivity contribution < 1.29 is 27.4 Å². The molecule has 1 heterocycles. The fourth-order valence-corrected chi connectivity index (χ4v) is 2.86. The summed E-state index contributed by atoms with van der Waals surface area (Å²) in [6.45, 7) is 1.02. The molecule has 0 amide bonds. The number of aliphatic hydroxyl groups is 1. The van der Waals surface area contributed by atoms with Gasteiger partial charge in [-0.3, -0.25) is 0 Å². The highest BCUT2D eigenvalue weighted by Gasteiger charge is 2.40. The highest BCUT2D eigenvalue weighted by atomic mass is 19.1. The van der Waals surface area contributed by atoms with Gasteiger partial charge in [0.15, 0.2) is 0 Å². The van der Waals surface area contributed by atoms with Gasteiger partial charge >= 0.3 is 0 Å². The molecule has 0 radical (unpaired) electrons. The number of hydrogen-bond donors (Lipinski definition) is 1. The average Bonchev–Trinajstić information content (AvgIpc) is 3.19. The van der Waals surface area contributed by atoms with Crippen LogP contribution in [0.1, 0.15) is 18.1 Å². The van der Waals surface area contributed by atoms with Crippen LogP contribution in [-0.2, 0) is 16.9 Å². The summed E-state index contributed by atoms with van der Waals surface area (Å²) in [5.41, 5.74) is -2.14. The predicted octanol–water partition coefficient (Wildman–Crippen LogP) is 3.18. The lowest BCUT2D eigenvalue weighted by Crippen LogP contribution is -2.44. The molecule has 1 N–H and O–H groups in total. The minimum absolute atomic E-state index is 0.0184. The molecule has 0 spiro atoms. The van der Waals surface area contributed by atoms with Crippen LogP contribution in [0.15, 0.2) is 49.1 Å². The van der Waals surface area contributed by atoms with E-state index in [1.165, 1.54) is 30.3 Å².